The summed E-state index contributed by atoms with van der Waals surface area (Å²) in [6.45, 7) is 0. The van der Waals surface area contributed by atoms with Gasteiger partial charge >= 0.3 is 0 Å². The van der Waals surface area contributed by atoms with Gasteiger partial charge in [0.1, 0.15) is 28.0 Å². The Bertz CT molecular complexity index is 939. The van der Waals surface area contributed by atoms with Gasteiger partial charge in [0.15, 0.2) is 11.5 Å². The molecule has 1 N–H and O–H groups in total. The lowest BCUT2D eigenvalue weighted by molar-refractivity contribution is 0.102. The monoisotopic (exact) mass is 376 g/mol. The van der Waals surface area contributed by atoms with Crippen LogP contribution in [-0.2, 0) is 0 Å². The molecule has 0 fully saturated rings. The quantitative estimate of drug-likeness (QED) is 0.719. The minimum absolute atomic E-state index is 0.0394. The summed E-state index contributed by atoms with van der Waals surface area (Å²) in [5.41, 5.74) is 0.177. The molecule has 0 bridgehead atoms. The second kappa shape index (κ2) is 7.49. The molecule has 0 atom stereocenters. The number of thiazole rings is 1. The Morgan fingerprint density at radius 2 is 1.77 bits per heavy atom. The maximum absolute atomic E-state index is 13.7. The van der Waals surface area contributed by atoms with E-state index in [4.69, 9.17) is 9.47 Å². The number of hydrogen-bond acceptors (Lipinski definition) is 5. The van der Waals surface area contributed by atoms with E-state index in [0.29, 0.717) is 22.1 Å². The third kappa shape index (κ3) is 3.36. The summed E-state index contributed by atoms with van der Waals surface area (Å²) in [7, 11) is 3.02. The molecule has 26 heavy (non-hydrogen) atoms. The third-order valence-corrected chi connectivity index (χ3v) is 4.45. The van der Waals surface area contributed by atoms with Crippen molar-refractivity contribution in [2.75, 3.05) is 19.5 Å². The molecule has 1 amide bonds. The average Bonchev–Trinajstić information content (AvgIpc) is 3.14. The van der Waals surface area contributed by atoms with Gasteiger partial charge in [-0.3, -0.25) is 4.79 Å². The molecular weight excluding hydrogens is 362 g/mol. The maximum Gasteiger partial charge on any atom is 0.275 e. The molecule has 0 unspecified atom stereocenters. The van der Waals surface area contributed by atoms with Gasteiger partial charge in [0.25, 0.3) is 5.91 Å². The van der Waals surface area contributed by atoms with Gasteiger partial charge < -0.3 is 14.8 Å². The second-order valence-corrected chi connectivity index (χ2v) is 5.99. The van der Waals surface area contributed by atoms with Crippen LogP contribution < -0.4 is 14.8 Å². The van der Waals surface area contributed by atoms with Crippen molar-refractivity contribution in [1.82, 2.24) is 4.98 Å². The van der Waals surface area contributed by atoms with Crippen LogP contribution in [0.3, 0.4) is 0 Å². The molecule has 0 saturated carbocycles. The van der Waals surface area contributed by atoms with Gasteiger partial charge in [-0.15, -0.1) is 11.3 Å². The van der Waals surface area contributed by atoms with Gasteiger partial charge in [0, 0.05) is 5.38 Å². The lowest BCUT2D eigenvalue weighted by Gasteiger charge is -2.10. The Morgan fingerprint density at radius 1 is 1.08 bits per heavy atom. The number of benzene rings is 2. The van der Waals surface area contributed by atoms with Gasteiger partial charge in [-0.2, -0.15) is 0 Å². The predicted octanol–water partition coefficient (Wildman–Crippen LogP) is 4.36. The number of anilines is 1. The molecule has 0 aliphatic heterocycles. The molecule has 1 aromatic heterocycles. The van der Waals surface area contributed by atoms with Gasteiger partial charge in [-0.05, 0) is 24.3 Å². The number of nitrogens with zero attached hydrogens (tertiary/aromatic N) is 1. The lowest BCUT2D eigenvalue weighted by Crippen LogP contribution is -2.14. The first kappa shape index (κ1) is 17.8. The van der Waals surface area contributed by atoms with Crippen molar-refractivity contribution >= 4 is 22.9 Å². The van der Waals surface area contributed by atoms with Crippen LogP contribution in [0.4, 0.5) is 14.5 Å². The fourth-order valence-electron chi connectivity index (χ4n) is 2.35. The molecule has 134 valence electrons. The maximum atomic E-state index is 13.7. The van der Waals surface area contributed by atoms with Crippen LogP contribution in [0.15, 0.2) is 41.8 Å². The zero-order valence-corrected chi connectivity index (χ0v) is 14.7. The van der Waals surface area contributed by atoms with E-state index in [-0.39, 0.29) is 5.69 Å². The van der Waals surface area contributed by atoms with E-state index in [1.807, 2.05) is 0 Å². The molecule has 0 radical (unpaired) electrons. The van der Waals surface area contributed by atoms with Crippen LogP contribution in [-0.4, -0.2) is 25.1 Å². The summed E-state index contributed by atoms with van der Waals surface area (Å²) < 4.78 is 38.0. The summed E-state index contributed by atoms with van der Waals surface area (Å²) in [6, 6.07) is 8.63. The number of ether oxygens (including phenoxy) is 2. The normalized spacial score (nSPS) is 10.5. The minimum Gasteiger partial charge on any atom is -0.493 e. The standard InChI is InChI=1S/C18H14F2N2O3S/c1-24-14-8-3-5-10(16(14)25-2)18-21-13(9-26-18)17(23)22-15-11(19)6-4-7-12(15)20/h3-9H,1-2H3,(H,22,23). The molecule has 1 heterocycles. The molecule has 0 spiro atoms. The average molecular weight is 376 g/mol. The number of carbonyl (C=O) groups excluding carboxylic acids is 1. The van der Waals surface area contributed by atoms with E-state index in [1.165, 1.54) is 37.0 Å². The topological polar surface area (TPSA) is 60.5 Å². The number of halogens is 2. The van der Waals surface area contributed by atoms with Gasteiger partial charge in [-0.1, -0.05) is 12.1 Å². The Balaban J connectivity index is 1.90. The number of rotatable bonds is 5. The highest BCUT2D eigenvalue weighted by atomic mass is 32.1. The van der Waals surface area contributed by atoms with E-state index in [0.717, 1.165) is 12.1 Å². The second-order valence-electron chi connectivity index (χ2n) is 5.13. The van der Waals surface area contributed by atoms with E-state index >= 15 is 0 Å². The number of para-hydroxylation sites is 2. The first-order valence-electron chi connectivity index (χ1n) is 7.47. The Morgan fingerprint density at radius 3 is 2.42 bits per heavy atom. The van der Waals surface area contributed by atoms with Crippen molar-refractivity contribution in [2.45, 2.75) is 0 Å². The minimum atomic E-state index is -0.858. The zero-order chi connectivity index (χ0) is 18.7. The van der Waals surface area contributed by atoms with Crippen LogP contribution in [0.2, 0.25) is 0 Å². The molecule has 3 rings (SSSR count). The highest BCUT2D eigenvalue weighted by Crippen LogP contribution is 2.39. The van der Waals surface area contributed by atoms with Gasteiger partial charge in [0.05, 0.1) is 19.8 Å². The number of carbonyl (C=O) groups is 1. The van der Waals surface area contributed by atoms with Crippen LogP contribution in [0, 0.1) is 11.6 Å². The molecule has 5 nitrogen and oxygen atoms in total. The molecular formula is C18H14F2N2O3S. The SMILES string of the molecule is COc1cccc(-c2nc(C(=O)Nc3c(F)cccc3F)cs2)c1OC. The lowest BCUT2D eigenvalue weighted by atomic mass is 10.2. The number of hydrogen-bond donors (Lipinski definition) is 1. The number of amides is 1. The van der Waals surface area contributed by atoms with Gasteiger partial charge in [-0.25, -0.2) is 13.8 Å². The van der Waals surface area contributed by atoms with Crippen LogP contribution in [0.25, 0.3) is 10.6 Å². The Labute approximate surface area is 152 Å². The van der Waals surface area contributed by atoms with Crippen molar-refractivity contribution in [3.05, 3.63) is 59.1 Å². The van der Waals surface area contributed by atoms with Crippen LogP contribution >= 0.6 is 11.3 Å². The fraction of sp³-hybridized carbons (Fsp3) is 0.111. The third-order valence-electron chi connectivity index (χ3n) is 3.57. The predicted molar refractivity (Wildman–Crippen MR) is 95.0 cm³/mol. The first-order valence-corrected chi connectivity index (χ1v) is 8.35. The Kier molecular flexibility index (Phi) is 5.13. The molecule has 3 aromatic rings. The summed E-state index contributed by atoms with van der Waals surface area (Å²) in [5, 5.41) is 4.23. The van der Waals surface area contributed by atoms with Crippen molar-refractivity contribution in [2.24, 2.45) is 0 Å². The largest absolute Gasteiger partial charge is 0.493 e. The summed E-state index contributed by atoms with van der Waals surface area (Å²) >= 11 is 1.20. The first-order chi connectivity index (χ1) is 12.5. The number of nitrogens with one attached hydrogen (secondary N) is 1. The molecule has 0 aliphatic rings. The van der Waals surface area contributed by atoms with Crippen molar-refractivity contribution < 1.29 is 23.0 Å². The number of aromatic nitrogens is 1. The van der Waals surface area contributed by atoms with Crippen LogP contribution in [0.5, 0.6) is 11.5 Å². The van der Waals surface area contributed by atoms with Crippen molar-refractivity contribution in [3.8, 4) is 22.1 Å². The van der Waals surface area contributed by atoms with E-state index in [9.17, 15) is 13.6 Å². The molecule has 0 saturated heterocycles. The smallest absolute Gasteiger partial charge is 0.275 e. The summed E-state index contributed by atoms with van der Waals surface area (Å²) in [5.74, 6) is -1.42. The zero-order valence-electron chi connectivity index (χ0n) is 13.9. The van der Waals surface area contributed by atoms with E-state index in [2.05, 4.69) is 10.3 Å². The Hall–Kier alpha value is -3.00. The number of methoxy groups -OCH3 is 2. The highest BCUT2D eigenvalue weighted by Gasteiger charge is 2.19. The molecule has 2 aromatic carbocycles. The summed E-state index contributed by atoms with van der Waals surface area (Å²) in [6.07, 6.45) is 0. The van der Waals surface area contributed by atoms with E-state index in [1.54, 1.807) is 18.2 Å². The fourth-order valence-corrected chi connectivity index (χ4v) is 3.17. The summed E-state index contributed by atoms with van der Waals surface area (Å²) in [4.78, 5) is 16.5. The highest BCUT2D eigenvalue weighted by molar-refractivity contribution is 7.13. The molecule has 0 aliphatic carbocycles. The van der Waals surface area contributed by atoms with Gasteiger partial charge in [0.2, 0.25) is 0 Å². The van der Waals surface area contributed by atoms with Crippen molar-refractivity contribution in [3.63, 3.8) is 0 Å². The van der Waals surface area contributed by atoms with Crippen LogP contribution in [0.1, 0.15) is 10.5 Å². The molecule has 8 heteroatoms. The van der Waals surface area contributed by atoms with E-state index < -0.39 is 23.2 Å². The van der Waals surface area contributed by atoms with Crippen molar-refractivity contribution in [1.29, 1.82) is 0 Å².